The number of nitrogens with zero attached hydrogens (tertiary/aromatic N) is 5. The monoisotopic (exact) mass is 353 g/mol. The van der Waals surface area contributed by atoms with Gasteiger partial charge in [-0.25, -0.2) is 14.3 Å². The highest BCUT2D eigenvalue weighted by Gasteiger charge is 2.28. The Kier molecular flexibility index (Phi) is 4.66. The van der Waals surface area contributed by atoms with Gasteiger partial charge in [-0.05, 0) is 19.9 Å². The second-order valence-corrected chi connectivity index (χ2v) is 6.11. The molecule has 0 saturated heterocycles. The van der Waals surface area contributed by atoms with E-state index in [9.17, 15) is 9.59 Å². The van der Waals surface area contributed by atoms with E-state index in [0.29, 0.717) is 11.3 Å². The lowest BCUT2D eigenvalue weighted by Crippen LogP contribution is -2.31. The molecule has 26 heavy (non-hydrogen) atoms. The van der Waals surface area contributed by atoms with E-state index in [0.717, 1.165) is 11.4 Å². The molecule has 0 aliphatic rings. The molecule has 8 heteroatoms. The first-order chi connectivity index (χ1) is 12.4. The number of esters is 1. The van der Waals surface area contributed by atoms with Gasteiger partial charge in [-0.1, -0.05) is 30.3 Å². The predicted octanol–water partition coefficient (Wildman–Crippen LogP) is 1.73. The Hall–Kier alpha value is -3.29. The number of carbonyl (C=O) groups excluding carboxylic acids is 2. The fourth-order valence-corrected chi connectivity index (χ4v) is 2.54. The highest BCUT2D eigenvalue weighted by molar-refractivity contribution is 5.90. The zero-order chi connectivity index (χ0) is 18.8. The van der Waals surface area contributed by atoms with Crippen LogP contribution in [0.25, 0.3) is 5.78 Å². The van der Waals surface area contributed by atoms with Crippen molar-refractivity contribution in [1.29, 1.82) is 0 Å². The molecule has 0 spiro atoms. The Morgan fingerprint density at radius 1 is 1.12 bits per heavy atom. The number of rotatable bonds is 4. The summed E-state index contributed by atoms with van der Waals surface area (Å²) < 4.78 is 6.92. The van der Waals surface area contributed by atoms with Crippen LogP contribution in [0, 0.1) is 13.8 Å². The lowest BCUT2D eigenvalue weighted by molar-refractivity contribution is -0.138. The standard InChI is InChI=1S/C18H19N5O3/c1-11-10-12(2)23-18(19-11)20-15(21-23)17(25)26-14(16(24)22(3)4)13-8-6-5-7-9-13/h5-10,14H,1-4H3/t14-/m1/s1. The van der Waals surface area contributed by atoms with Gasteiger partial charge in [0.25, 0.3) is 17.5 Å². The summed E-state index contributed by atoms with van der Waals surface area (Å²) in [6.45, 7) is 3.68. The average Bonchev–Trinajstić information content (AvgIpc) is 3.04. The van der Waals surface area contributed by atoms with Crippen molar-refractivity contribution >= 4 is 17.7 Å². The van der Waals surface area contributed by atoms with E-state index < -0.39 is 12.1 Å². The van der Waals surface area contributed by atoms with Gasteiger partial charge in [-0.3, -0.25) is 4.79 Å². The summed E-state index contributed by atoms with van der Waals surface area (Å²) in [5.41, 5.74) is 2.14. The first-order valence-corrected chi connectivity index (χ1v) is 8.05. The van der Waals surface area contributed by atoms with Gasteiger partial charge < -0.3 is 9.64 Å². The van der Waals surface area contributed by atoms with Gasteiger partial charge in [0, 0.05) is 31.0 Å². The topological polar surface area (TPSA) is 89.7 Å². The molecule has 134 valence electrons. The van der Waals surface area contributed by atoms with Crippen LogP contribution in [-0.4, -0.2) is 50.5 Å². The van der Waals surface area contributed by atoms with E-state index in [-0.39, 0.29) is 11.7 Å². The van der Waals surface area contributed by atoms with Crippen molar-refractivity contribution in [3.8, 4) is 0 Å². The first-order valence-electron chi connectivity index (χ1n) is 8.05. The van der Waals surface area contributed by atoms with Crippen molar-refractivity contribution in [3.63, 3.8) is 0 Å². The van der Waals surface area contributed by atoms with Gasteiger partial charge in [0.1, 0.15) is 0 Å². The van der Waals surface area contributed by atoms with Gasteiger partial charge in [-0.15, -0.1) is 5.10 Å². The quantitative estimate of drug-likeness (QED) is 0.664. The van der Waals surface area contributed by atoms with Crippen molar-refractivity contribution in [2.45, 2.75) is 20.0 Å². The molecular formula is C18H19N5O3. The third-order valence-electron chi connectivity index (χ3n) is 3.79. The Morgan fingerprint density at radius 3 is 2.46 bits per heavy atom. The Morgan fingerprint density at radius 2 is 1.81 bits per heavy atom. The molecule has 8 nitrogen and oxygen atoms in total. The van der Waals surface area contributed by atoms with Crippen LogP contribution < -0.4 is 0 Å². The summed E-state index contributed by atoms with van der Waals surface area (Å²) >= 11 is 0. The molecule has 3 aromatic rings. The first kappa shape index (κ1) is 17.5. The van der Waals surface area contributed by atoms with Gasteiger partial charge in [0.15, 0.2) is 0 Å². The smallest absolute Gasteiger partial charge is 0.379 e. The third kappa shape index (κ3) is 3.39. The van der Waals surface area contributed by atoms with E-state index >= 15 is 0 Å². The van der Waals surface area contributed by atoms with Crippen LogP contribution >= 0.6 is 0 Å². The van der Waals surface area contributed by atoms with Crippen molar-refractivity contribution in [1.82, 2.24) is 24.5 Å². The maximum absolute atomic E-state index is 12.6. The second kappa shape index (κ2) is 6.91. The van der Waals surface area contributed by atoms with Gasteiger partial charge in [-0.2, -0.15) is 4.98 Å². The number of amides is 1. The fourth-order valence-electron chi connectivity index (χ4n) is 2.54. The zero-order valence-corrected chi connectivity index (χ0v) is 15.0. The predicted molar refractivity (Wildman–Crippen MR) is 93.5 cm³/mol. The van der Waals surface area contributed by atoms with Crippen LogP contribution in [0.3, 0.4) is 0 Å². The number of ether oxygens (including phenoxy) is 1. The molecule has 2 aromatic heterocycles. The number of likely N-dealkylation sites (N-methyl/N-ethyl adjacent to an activating group) is 1. The number of hydrogen-bond donors (Lipinski definition) is 0. The van der Waals surface area contributed by atoms with Crippen LogP contribution in [0.15, 0.2) is 36.4 Å². The molecule has 1 amide bonds. The number of carbonyl (C=O) groups is 2. The highest BCUT2D eigenvalue weighted by Crippen LogP contribution is 2.21. The molecule has 0 aliphatic carbocycles. The van der Waals surface area contributed by atoms with Crippen molar-refractivity contribution in [3.05, 3.63) is 59.2 Å². The zero-order valence-electron chi connectivity index (χ0n) is 15.0. The number of fused-ring (bicyclic) bond motifs is 1. The Balaban J connectivity index is 1.93. The van der Waals surface area contributed by atoms with Crippen LogP contribution in [0.4, 0.5) is 0 Å². The molecule has 0 radical (unpaired) electrons. The maximum Gasteiger partial charge on any atom is 0.379 e. The molecule has 0 unspecified atom stereocenters. The normalized spacial score (nSPS) is 12.0. The SMILES string of the molecule is Cc1cc(C)n2nc(C(=O)O[C@@H](C(=O)N(C)C)c3ccccc3)nc2n1. The van der Waals surface area contributed by atoms with Gasteiger partial charge in [0.2, 0.25) is 6.10 Å². The van der Waals surface area contributed by atoms with E-state index in [1.54, 1.807) is 38.4 Å². The summed E-state index contributed by atoms with van der Waals surface area (Å²) in [5, 5.41) is 4.15. The summed E-state index contributed by atoms with van der Waals surface area (Å²) in [6.07, 6.45) is -1.07. The molecule has 1 atom stereocenters. The molecule has 3 rings (SSSR count). The highest BCUT2D eigenvalue weighted by atomic mass is 16.5. The van der Waals surface area contributed by atoms with Gasteiger partial charge >= 0.3 is 5.97 Å². The van der Waals surface area contributed by atoms with Crippen LogP contribution in [-0.2, 0) is 9.53 Å². The van der Waals surface area contributed by atoms with E-state index in [1.807, 2.05) is 26.0 Å². The number of aromatic nitrogens is 4. The molecule has 0 saturated carbocycles. The summed E-state index contributed by atoms with van der Waals surface area (Å²) in [5.74, 6) is -0.960. The van der Waals surface area contributed by atoms with Crippen LogP contribution in [0.1, 0.15) is 33.7 Å². The van der Waals surface area contributed by atoms with E-state index in [4.69, 9.17) is 4.74 Å². The lowest BCUT2D eigenvalue weighted by Gasteiger charge is -2.20. The number of aryl methyl sites for hydroxylation is 2. The van der Waals surface area contributed by atoms with Crippen molar-refractivity contribution in [2.75, 3.05) is 14.1 Å². The van der Waals surface area contributed by atoms with E-state index in [2.05, 4.69) is 15.1 Å². The molecule has 0 N–H and O–H groups in total. The molecule has 0 aliphatic heterocycles. The summed E-state index contributed by atoms with van der Waals surface area (Å²) in [4.78, 5) is 34.8. The summed E-state index contributed by atoms with van der Waals surface area (Å²) in [6, 6.07) is 10.7. The van der Waals surface area contributed by atoms with Crippen molar-refractivity contribution < 1.29 is 14.3 Å². The maximum atomic E-state index is 12.6. The number of hydrogen-bond acceptors (Lipinski definition) is 6. The summed E-state index contributed by atoms with van der Waals surface area (Å²) in [7, 11) is 3.21. The van der Waals surface area contributed by atoms with Gasteiger partial charge in [0.05, 0.1) is 0 Å². The number of benzene rings is 1. The second-order valence-electron chi connectivity index (χ2n) is 6.11. The molecular weight excluding hydrogens is 334 g/mol. The minimum Gasteiger partial charge on any atom is -0.441 e. The molecule has 0 bridgehead atoms. The van der Waals surface area contributed by atoms with Crippen LogP contribution in [0.2, 0.25) is 0 Å². The van der Waals surface area contributed by atoms with Crippen molar-refractivity contribution in [2.24, 2.45) is 0 Å². The van der Waals surface area contributed by atoms with Crippen LogP contribution in [0.5, 0.6) is 0 Å². The molecule has 0 fully saturated rings. The fraction of sp³-hybridized carbons (Fsp3) is 0.278. The minimum atomic E-state index is -1.07. The average molecular weight is 353 g/mol. The Bertz CT molecular complexity index is 966. The minimum absolute atomic E-state index is 0.140. The lowest BCUT2D eigenvalue weighted by atomic mass is 10.1. The molecule has 1 aromatic carbocycles. The largest absolute Gasteiger partial charge is 0.441 e. The van der Waals surface area contributed by atoms with E-state index in [1.165, 1.54) is 9.42 Å². The molecule has 2 heterocycles. The Labute approximate surface area is 150 Å². The third-order valence-corrected chi connectivity index (χ3v) is 3.79.